The number of nitrogens with one attached hydrogen (secondary N) is 1. The van der Waals surface area contributed by atoms with Crippen LogP contribution in [0.3, 0.4) is 0 Å². The zero-order valence-electron chi connectivity index (χ0n) is 16.9. The summed E-state index contributed by atoms with van der Waals surface area (Å²) in [5, 5.41) is 3.19. The number of aryl methyl sites for hydroxylation is 1. The molecule has 0 radical (unpaired) electrons. The van der Waals surface area contributed by atoms with E-state index in [1.807, 2.05) is 31.2 Å². The van der Waals surface area contributed by atoms with Gasteiger partial charge in [-0.2, -0.15) is 0 Å². The number of anilines is 2. The summed E-state index contributed by atoms with van der Waals surface area (Å²) in [6.07, 6.45) is 0. The largest absolute Gasteiger partial charge is 0.492 e. The number of fused-ring (bicyclic) bond motifs is 1. The summed E-state index contributed by atoms with van der Waals surface area (Å²) in [5.41, 5.74) is 2.68. The topological polar surface area (TPSA) is 67.9 Å². The van der Waals surface area contributed by atoms with E-state index in [0.29, 0.717) is 40.9 Å². The number of carbonyl (C=O) groups excluding carboxylic acids is 2. The number of ether oxygens (including phenoxy) is 2. The molecular weight excluding hydrogens is 416 g/mol. The maximum atomic E-state index is 12.5. The maximum absolute atomic E-state index is 12.5. The van der Waals surface area contributed by atoms with Gasteiger partial charge in [0.05, 0.1) is 22.8 Å². The second kappa shape index (κ2) is 9.10. The predicted molar refractivity (Wildman–Crippen MR) is 120 cm³/mol. The number of amides is 2. The van der Waals surface area contributed by atoms with Crippen molar-refractivity contribution < 1.29 is 19.1 Å². The van der Waals surface area contributed by atoms with E-state index in [2.05, 4.69) is 5.32 Å². The molecule has 3 aromatic carbocycles. The van der Waals surface area contributed by atoms with E-state index >= 15 is 0 Å². The third kappa shape index (κ3) is 4.81. The van der Waals surface area contributed by atoms with Gasteiger partial charge in [-0.05, 0) is 48.9 Å². The summed E-state index contributed by atoms with van der Waals surface area (Å²) in [6.45, 7) is 2.66. The lowest BCUT2D eigenvalue weighted by Crippen LogP contribution is -2.41. The zero-order valence-corrected chi connectivity index (χ0v) is 17.7. The molecule has 0 saturated heterocycles. The summed E-state index contributed by atoms with van der Waals surface area (Å²) < 4.78 is 11.4. The van der Waals surface area contributed by atoms with Crippen LogP contribution in [0.15, 0.2) is 66.7 Å². The van der Waals surface area contributed by atoms with Gasteiger partial charge in [0, 0.05) is 11.8 Å². The molecule has 0 saturated carbocycles. The zero-order chi connectivity index (χ0) is 21.8. The fourth-order valence-electron chi connectivity index (χ4n) is 3.33. The van der Waals surface area contributed by atoms with E-state index in [1.165, 1.54) is 0 Å². The molecule has 0 unspecified atom stereocenters. The van der Waals surface area contributed by atoms with Crippen LogP contribution < -0.4 is 19.7 Å². The van der Waals surface area contributed by atoms with E-state index in [9.17, 15) is 9.59 Å². The van der Waals surface area contributed by atoms with Crippen molar-refractivity contribution in [1.82, 2.24) is 0 Å². The monoisotopic (exact) mass is 436 g/mol. The molecule has 3 aromatic rings. The van der Waals surface area contributed by atoms with Crippen molar-refractivity contribution in [3.63, 3.8) is 0 Å². The number of hydrogen-bond donors (Lipinski definition) is 1. The molecule has 1 heterocycles. The molecule has 6 nitrogen and oxygen atoms in total. The van der Waals surface area contributed by atoms with Crippen molar-refractivity contribution in [3.8, 4) is 11.5 Å². The molecule has 0 atom stereocenters. The van der Waals surface area contributed by atoms with Gasteiger partial charge in [0.15, 0.2) is 6.61 Å². The minimum absolute atomic E-state index is 0.0701. The Morgan fingerprint density at radius 3 is 2.77 bits per heavy atom. The fraction of sp³-hybridized carbons (Fsp3) is 0.167. The summed E-state index contributed by atoms with van der Waals surface area (Å²) in [6, 6.07) is 19.8. The Bertz CT molecular complexity index is 1130. The van der Waals surface area contributed by atoms with E-state index in [1.54, 1.807) is 47.4 Å². The summed E-state index contributed by atoms with van der Waals surface area (Å²) in [7, 11) is 0. The first kappa shape index (κ1) is 20.8. The van der Waals surface area contributed by atoms with E-state index in [0.717, 1.165) is 11.3 Å². The van der Waals surface area contributed by atoms with Gasteiger partial charge >= 0.3 is 0 Å². The molecule has 0 fully saturated rings. The maximum Gasteiger partial charge on any atom is 0.265 e. The van der Waals surface area contributed by atoms with Crippen LogP contribution in [0, 0.1) is 6.92 Å². The van der Waals surface area contributed by atoms with Crippen LogP contribution in [0.4, 0.5) is 11.4 Å². The number of nitrogens with zero attached hydrogens (tertiary/aromatic N) is 1. The molecule has 0 aromatic heterocycles. The number of halogens is 1. The first-order chi connectivity index (χ1) is 15.0. The molecule has 0 aliphatic carbocycles. The highest BCUT2D eigenvalue weighted by atomic mass is 35.5. The van der Waals surface area contributed by atoms with Gasteiger partial charge in [-0.1, -0.05) is 35.9 Å². The Hall–Kier alpha value is -3.51. The number of benzene rings is 3. The Labute approximate surface area is 185 Å². The number of rotatable bonds is 6. The lowest BCUT2D eigenvalue weighted by molar-refractivity contribution is -0.121. The normalized spacial score (nSPS) is 12.7. The van der Waals surface area contributed by atoms with Gasteiger partial charge < -0.3 is 19.7 Å². The van der Waals surface area contributed by atoms with Crippen molar-refractivity contribution >= 4 is 34.8 Å². The van der Waals surface area contributed by atoms with Crippen LogP contribution >= 0.6 is 11.6 Å². The van der Waals surface area contributed by atoms with Crippen LogP contribution in [-0.2, 0) is 4.79 Å². The van der Waals surface area contributed by atoms with Crippen molar-refractivity contribution in [1.29, 1.82) is 0 Å². The fourth-order valence-corrected chi connectivity index (χ4v) is 3.55. The van der Waals surface area contributed by atoms with E-state index in [-0.39, 0.29) is 18.4 Å². The predicted octanol–water partition coefficient (Wildman–Crippen LogP) is 4.71. The molecule has 4 rings (SSSR count). The Balaban J connectivity index is 1.45. The van der Waals surface area contributed by atoms with Gasteiger partial charge in [0.25, 0.3) is 11.8 Å². The van der Waals surface area contributed by atoms with E-state index in [4.69, 9.17) is 21.1 Å². The Morgan fingerprint density at radius 1 is 1.13 bits per heavy atom. The highest BCUT2D eigenvalue weighted by Gasteiger charge is 2.26. The first-order valence-electron chi connectivity index (χ1n) is 9.84. The minimum Gasteiger partial charge on any atom is -0.492 e. The van der Waals surface area contributed by atoms with Crippen molar-refractivity contribution in [2.45, 2.75) is 6.92 Å². The van der Waals surface area contributed by atoms with Gasteiger partial charge in [-0.3, -0.25) is 9.59 Å². The van der Waals surface area contributed by atoms with Crippen molar-refractivity contribution in [3.05, 3.63) is 82.9 Å². The first-order valence-corrected chi connectivity index (χ1v) is 10.2. The minimum atomic E-state index is -0.319. The summed E-state index contributed by atoms with van der Waals surface area (Å²) in [4.78, 5) is 26.5. The molecule has 31 heavy (non-hydrogen) atoms. The average molecular weight is 437 g/mol. The lowest BCUT2D eigenvalue weighted by atomic mass is 10.2. The molecule has 2 amide bonds. The van der Waals surface area contributed by atoms with Crippen molar-refractivity contribution in [2.75, 3.05) is 30.0 Å². The third-order valence-electron chi connectivity index (χ3n) is 4.85. The molecule has 0 bridgehead atoms. The quantitative estimate of drug-likeness (QED) is 0.608. The highest BCUT2D eigenvalue weighted by Crippen LogP contribution is 2.34. The number of carbonyl (C=O) groups is 2. The van der Waals surface area contributed by atoms with Crippen molar-refractivity contribution in [2.24, 2.45) is 0 Å². The molecule has 1 aliphatic rings. The molecule has 1 N–H and O–H groups in total. The molecule has 0 spiro atoms. The van der Waals surface area contributed by atoms with Crippen LogP contribution in [0.2, 0.25) is 5.02 Å². The van der Waals surface area contributed by atoms with Gasteiger partial charge in [-0.25, -0.2) is 0 Å². The SMILES string of the molecule is Cc1cccc(OCCN2C(=O)COc3cc(NC(=O)c4ccccc4Cl)ccc32)c1. The van der Waals surface area contributed by atoms with Crippen LogP contribution in [0.1, 0.15) is 15.9 Å². The average Bonchev–Trinajstić information content (AvgIpc) is 2.75. The standard InChI is InChI=1S/C24H21ClN2O4/c1-16-5-4-6-18(13-16)30-12-11-27-21-10-9-17(14-22(21)31-15-23(27)28)26-24(29)19-7-2-3-8-20(19)25/h2-10,13-14H,11-12,15H2,1H3,(H,26,29). The second-order valence-electron chi connectivity index (χ2n) is 7.12. The van der Waals surface area contributed by atoms with Crippen LogP contribution in [0.25, 0.3) is 0 Å². The third-order valence-corrected chi connectivity index (χ3v) is 5.18. The Kier molecular flexibility index (Phi) is 6.09. The Morgan fingerprint density at radius 2 is 1.97 bits per heavy atom. The van der Waals surface area contributed by atoms with Gasteiger partial charge in [-0.15, -0.1) is 0 Å². The molecular formula is C24H21ClN2O4. The highest BCUT2D eigenvalue weighted by molar-refractivity contribution is 6.34. The smallest absolute Gasteiger partial charge is 0.265 e. The summed E-state index contributed by atoms with van der Waals surface area (Å²) in [5.74, 6) is 0.819. The molecule has 7 heteroatoms. The lowest BCUT2D eigenvalue weighted by Gasteiger charge is -2.29. The molecule has 158 valence electrons. The van der Waals surface area contributed by atoms with E-state index < -0.39 is 0 Å². The van der Waals surface area contributed by atoms with Gasteiger partial charge in [0.2, 0.25) is 0 Å². The second-order valence-corrected chi connectivity index (χ2v) is 7.52. The van der Waals surface area contributed by atoms with Crippen LogP contribution in [-0.4, -0.2) is 31.6 Å². The van der Waals surface area contributed by atoms with Crippen LogP contribution in [0.5, 0.6) is 11.5 Å². The number of hydrogen-bond acceptors (Lipinski definition) is 4. The van der Waals surface area contributed by atoms with Gasteiger partial charge in [0.1, 0.15) is 18.1 Å². The summed E-state index contributed by atoms with van der Waals surface area (Å²) >= 11 is 6.10. The molecule has 1 aliphatic heterocycles.